The van der Waals surface area contributed by atoms with Crippen molar-refractivity contribution in [3.05, 3.63) is 35.4 Å². The quantitative estimate of drug-likeness (QED) is 0.887. The fourth-order valence-electron chi connectivity index (χ4n) is 2.42. The average molecular weight is 269 g/mol. The largest absolute Gasteiger partial charge is 0.379 e. The van der Waals surface area contributed by atoms with Crippen LogP contribution in [0.2, 0.25) is 0 Å². The molecule has 19 heavy (non-hydrogen) atoms. The van der Waals surface area contributed by atoms with Gasteiger partial charge in [-0.05, 0) is 18.1 Å². The van der Waals surface area contributed by atoms with Gasteiger partial charge in [0.1, 0.15) is 0 Å². The number of morpholine rings is 1. The van der Waals surface area contributed by atoms with Crippen molar-refractivity contribution >= 4 is 0 Å². The third kappa shape index (κ3) is 3.98. The molecule has 1 unspecified atom stereocenters. The summed E-state index contributed by atoms with van der Waals surface area (Å²) in [6.07, 6.45) is 1.12. The van der Waals surface area contributed by atoms with Crippen LogP contribution in [0.1, 0.15) is 30.9 Å². The molecule has 1 heterocycles. The maximum Gasteiger partial charge on any atom is 0.273 e. The van der Waals surface area contributed by atoms with Crippen LogP contribution in [0.15, 0.2) is 24.3 Å². The van der Waals surface area contributed by atoms with Gasteiger partial charge in [0.25, 0.3) is 5.92 Å². The Balaban J connectivity index is 2.06. The van der Waals surface area contributed by atoms with E-state index in [4.69, 9.17) is 4.74 Å². The number of halogens is 2. The lowest BCUT2D eigenvalue weighted by Gasteiger charge is -2.24. The molecule has 2 rings (SSSR count). The third-order valence-corrected chi connectivity index (χ3v) is 3.39. The van der Waals surface area contributed by atoms with Gasteiger partial charge in [-0.2, -0.15) is 0 Å². The molecule has 106 valence electrons. The number of benzene rings is 1. The smallest absolute Gasteiger partial charge is 0.273 e. The average Bonchev–Trinajstić information content (AvgIpc) is 2.40. The molecule has 1 saturated heterocycles. The minimum atomic E-state index is -2.72. The number of nitrogens with one attached hydrogen (secondary N) is 1. The first kappa shape index (κ1) is 14.4. The number of ether oxygens (including phenoxy) is 1. The zero-order valence-electron chi connectivity index (χ0n) is 11.3. The normalized spacial score (nSPS) is 20.5. The Morgan fingerprint density at radius 3 is 2.95 bits per heavy atom. The number of hydrogen-bond acceptors (Lipinski definition) is 2. The zero-order chi connectivity index (χ0) is 13.7. The second kappa shape index (κ2) is 6.44. The van der Waals surface area contributed by atoms with Gasteiger partial charge in [0.2, 0.25) is 0 Å². The Kier molecular flexibility index (Phi) is 4.88. The standard InChI is InChI=1S/C15H21F2NO/c1-2-6-15(16,17)13-5-3-4-12(9-13)10-14-11-19-8-7-18-14/h3-5,9,14,18H,2,6-8,10-11H2,1H3. The van der Waals surface area contributed by atoms with Gasteiger partial charge in [-0.1, -0.05) is 31.5 Å². The molecule has 0 aromatic heterocycles. The number of rotatable bonds is 5. The molecule has 2 nitrogen and oxygen atoms in total. The van der Waals surface area contributed by atoms with Crippen molar-refractivity contribution in [2.45, 2.75) is 38.2 Å². The van der Waals surface area contributed by atoms with E-state index in [1.165, 1.54) is 6.07 Å². The molecule has 1 aliphatic rings. The monoisotopic (exact) mass is 269 g/mol. The van der Waals surface area contributed by atoms with Crippen LogP contribution < -0.4 is 5.32 Å². The number of hydrogen-bond donors (Lipinski definition) is 1. The first-order chi connectivity index (χ1) is 9.12. The van der Waals surface area contributed by atoms with E-state index < -0.39 is 5.92 Å². The van der Waals surface area contributed by atoms with Gasteiger partial charge in [-0.25, -0.2) is 8.78 Å². The molecule has 1 fully saturated rings. The van der Waals surface area contributed by atoms with E-state index in [0.717, 1.165) is 25.1 Å². The van der Waals surface area contributed by atoms with Gasteiger partial charge < -0.3 is 10.1 Å². The van der Waals surface area contributed by atoms with Crippen molar-refractivity contribution in [2.75, 3.05) is 19.8 Å². The minimum Gasteiger partial charge on any atom is -0.379 e. The first-order valence-corrected chi connectivity index (χ1v) is 6.90. The summed E-state index contributed by atoms with van der Waals surface area (Å²) in [5, 5.41) is 3.34. The predicted octanol–water partition coefficient (Wildman–Crippen LogP) is 3.11. The molecule has 0 radical (unpaired) electrons. The fraction of sp³-hybridized carbons (Fsp3) is 0.600. The van der Waals surface area contributed by atoms with Gasteiger partial charge in [0, 0.05) is 24.6 Å². The van der Waals surface area contributed by atoms with Gasteiger partial charge >= 0.3 is 0 Å². The summed E-state index contributed by atoms with van der Waals surface area (Å²) >= 11 is 0. The highest BCUT2D eigenvalue weighted by Crippen LogP contribution is 2.33. The fourth-order valence-corrected chi connectivity index (χ4v) is 2.42. The highest BCUT2D eigenvalue weighted by Gasteiger charge is 2.30. The van der Waals surface area contributed by atoms with Crippen molar-refractivity contribution in [1.29, 1.82) is 0 Å². The molecule has 1 atom stereocenters. The van der Waals surface area contributed by atoms with Crippen LogP contribution in [0.4, 0.5) is 8.78 Å². The van der Waals surface area contributed by atoms with E-state index in [2.05, 4.69) is 5.32 Å². The third-order valence-electron chi connectivity index (χ3n) is 3.39. The summed E-state index contributed by atoms with van der Waals surface area (Å²) in [6.45, 7) is 3.98. The molecule has 1 N–H and O–H groups in total. The van der Waals surface area contributed by atoms with E-state index >= 15 is 0 Å². The molecule has 0 saturated carbocycles. The van der Waals surface area contributed by atoms with E-state index in [9.17, 15) is 8.78 Å². The van der Waals surface area contributed by atoms with Crippen LogP contribution in [-0.2, 0) is 17.1 Å². The van der Waals surface area contributed by atoms with Crippen molar-refractivity contribution in [3.8, 4) is 0 Å². The topological polar surface area (TPSA) is 21.3 Å². The van der Waals surface area contributed by atoms with Crippen LogP contribution in [-0.4, -0.2) is 25.8 Å². The maximum absolute atomic E-state index is 13.9. The Hall–Kier alpha value is -1.00. The van der Waals surface area contributed by atoms with Crippen LogP contribution >= 0.6 is 0 Å². The number of alkyl halides is 2. The van der Waals surface area contributed by atoms with Crippen LogP contribution in [0.3, 0.4) is 0 Å². The van der Waals surface area contributed by atoms with Gasteiger partial charge in [-0.3, -0.25) is 0 Å². The summed E-state index contributed by atoms with van der Waals surface area (Å²) in [4.78, 5) is 0. The summed E-state index contributed by atoms with van der Waals surface area (Å²) in [6, 6.07) is 7.00. The molecule has 0 spiro atoms. The molecule has 1 aromatic carbocycles. The molecule has 0 aliphatic carbocycles. The lowest BCUT2D eigenvalue weighted by molar-refractivity contribution is -0.0141. The molecule has 0 bridgehead atoms. The SMILES string of the molecule is CCCC(F)(F)c1cccc(CC2COCCN2)c1. The summed E-state index contributed by atoms with van der Waals surface area (Å²) in [5.74, 6) is -2.72. The Bertz CT molecular complexity index is 403. The maximum atomic E-state index is 13.9. The van der Waals surface area contributed by atoms with Crippen LogP contribution in [0.5, 0.6) is 0 Å². The van der Waals surface area contributed by atoms with E-state index in [-0.39, 0.29) is 18.0 Å². The van der Waals surface area contributed by atoms with Gasteiger partial charge in [0.15, 0.2) is 0 Å². The summed E-state index contributed by atoms with van der Waals surface area (Å²) in [7, 11) is 0. The van der Waals surface area contributed by atoms with Crippen LogP contribution in [0.25, 0.3) is 0 Å². The Labute approximate surface area is 113 Å². The second-order valence-corrected chi connectivity index (χ2v) is 5.08. The molecule has 0 amide bonds. The highest BCUT2D eigenvalue weighted by molar-refractivity contribution is 5.27. The first-order valence-electron chi connectivity index (χ1n) is 6.90. The van der Waals surface area contributed by atoms with E-state index in [1.54, 1.807) is 19.1 Å². The van der Waals surface area contributed by atoms with Crippen molar-refractivity contribution in [1.82, 2.24) is 5.32 Å². The van der Waals surface area contributed by atoms with Crippen molar-refractivity contribution in [3.63, 3.8) is 0 Å². The Morgan fingerprint density at radius 1 is 1.42 bits per heavy atom. The highest BCUT2D eigenvalue weighted by atomic mass is 19.3. The zero-order valence-corrected chi connectivity index (χ0v) is 11.3. The van der Waals surface area contributed by atoms with Crippen molar-refractivity contribution < 1.29 is 13.5 Å². The summed E-state index contributed by atoms with van der Waals surface area (Å²) < 4.78 is 33.1. The van der Waals surface area contributed by atoms with Crippen molar-refractivity contribution in [2.24, 2.45) is 0 Å². The van der Waals surface area contributed by atoms with Crippen LogP contribution in [0, 0.1) is 0 Å². The lowest BCUT2D eigenvalue weighted by Crippen LogP contribution is -2.42. The van der Waals surface area contributed by atoms with E-state index in [1.807, 2.05) is 6.07 Å². The van der Waals surface area contributed by atoms with Gasteiger partial charge in [0.05, 0.1) is 13.2 Å². The molecule has 1 aliphatic heterocycles. The minimum absolute atomic E-state index is 0.0960. The molecule has 1 aromatic rings. The van der Waals surface area contributed by atoms with E-state index in [0.29, 0.717) is 13.0 Å². The summed E-state index contributed by atoms with van der Waals surface area (Å²) in [5.41, 5.74) is 1.07. The lowest BCUT2D eigenvalue weighted by atomic mass is 9.98. The molecule has 4 heteroatoms. The molecular formula is C15H21F2NO. The Morgan fingerprint density at radius 2 is 2.26 bits per heavy atom. The van der Waals surface area contributed by atoms with Gasteiger partial charge in [-0.15, -0.1) is 0 Å². The predicted molar refractivity (Wildman–Crippen MR) is 71.6 cm³/mol. The molecular weight excluding hydrogens is 248 g/mol. The second-order valence-electron chi connectivity index (χ2n) is 5.08.